The van der Waals surface area contributed by atoms with E-state index in [1.807, 2.05) is 6.07 Å². The van der Waals surface area contributed by atoms with Crippen LogP contribution in [-0.4, -0.2) is 9.97 Å². The van der Waals surface area contributed by atoms with Gasteiger partial charge >= 0.3 is 5.63 Å². The molecule has 3 rings (SSSR count). The number of benzene rings is 1. The molecule has 0 saturated heterocycles. The van der Waals surface area contributed by atoms with Gasteiger partial charge in [-0.2, -0.15) is 0 Å². The first kappa shape index (κ1) is 13.0. The molecular formula is C14H10IN3O2. The molecule has 5 nitrogen and oxygen atoms in total. The summed E-state index contributed by atoms with van der Waals surface area (Å²) in [5, 5.41) is 0.805. The zero-order valence-electron chi connectivity index (χ0n) is 10.3. The number of hydrogen-bond acceptors (Lipinski definition) is 5. The number of halogens is 1. The Morgan fingerprint density at radius 2 is 2.00 bits per heavy atom. The van der Waals surface area contributed by atoms with E-state index in [2.05, 4.69) is 32.6 Å². The molecule has 0 bridgehead atoms. The lowest BCUT2D eigenvalue weighted by Crippen LogP contribution is -2.06. The van der Waals surface area contributed by atoms with Crippen LogP contribution in [0, 0.1) is 0 Å². The van der Waals surface area contributed by atoms with Crippen LogP contribution in [0.1, 0.15) is 5.69 Å². The van der Waals surface area contributed by atoms with Crippen LogP contribution in [0.25, 0.3) is 22.2 Å². The van der Waals surface area contributed by atoms with Crippen LogP contribution in [-0.2, 0) is 4.43 Å². The number of fused-ring (bicyclic) bond motifs is 1. The largest absolute Gasteiger partial charge is 0.422 e. The second-order valence-electron chi connectivity index (χ2n) is 4.23. The van der Waals surface area contributed by atoms with Gasteiger partial charge in [-0.1, -0.05) is 22.6 Å². The second kappa shape index (κ2) is 5.20. The zero-order valence-corrected chi connectivity index (χ0v) is 12.5. The summed E-state index contributed by atoms with van der Waals surface area (Å²) in [6.07, 6.45) is 3.18. The highest BCUT2D eigenvalue weighted by Gasteiger charge is 2.13. The highest BCUT2D eigenvalue weighted by atomic mass is 127. The average Bonchev–Trinajstić information content (AvgIpc) is 2.46. The van der Waals surface area contributed by atoms with Crippen molar-refractivity contribution in [1.82, 2.24) is 9.97 Å². The van der Waals surface area contributed by atoms with Gasteiger partial charge in [-0.25, -0.2) is 4.79 Å². The number of hydrogen-bond donors (Lipinski definition) is 1. The van der Waals surface area contributed by atoms with Crippen LogP contribution in [0.15, 0.2) is 45.9 Å². The number of anilines is 1. The van der Waals surface area contributed by atoms with Crippen molar-refractivity contribution in [2.45, 2.75) is 4.43 Å². The highest BCUT2D eigenvalue weighted by Crippen LogP contribution is 2.23. The summed E-state index contributed by atoms with van der Waals surface area (Å²) in [5.74, 6) is 0. The molecule has 0 spiro atoms. The van der Waals surface area contributed by atoms with Gasteiger partial charge in [0, 0.05) is 34.0 Å². The molecule has 2 heterocycles. The minimum atomic E-state index is -0.435. The van der Waals surface area contributed by atoms with Crippen molar-refractivity contribution in [1.29, 1.82) is 0 Å². The monoisotopic (exact) mass is 379 g/mol. The van der Waals surface area contributed by atoms with Crippen molar-refractivity contribution in [3.8, 4) is 11.3 Å². The smallest absolute Gasteiger partial charge is 0.345 e. The SMILES string of the molecule is Nc1ccc2cc(-c3nccnc3CI)c(=O)oc2c1. The van der Waals surface area contributed by atoms with Crippen molar-refractivity contribution in [3.63, 3.8) is 0 Å². The third-order valence-corrected chi connectivity index (χ3v) is 3.64. The molecule has 0 atom stereocenters. The Kier molecular flexibility index (Phi) is 3.39. The Balaban J connectivity index is 2.29. The number of aromatic nitrogens is 2. The summed E-state index contributed by atoms with van der Waals surface area (Å²) in [5.41, 5.74) is 8.02. The van der Waals surface area contributed by atoms with E-state index in [1.54, 1.807) is 30.6 Å². The quantitative estimate of drug-likeness (QED) is 0.321. The van der Waals surface area contributed by atoms with Gasteiger partial charge < -0.3 is 10.2 Å². The second-order valence-corrected chi connectivity index (χ2v) is 4.99. The van der Waals surface area contributed by atoms with E-state index in [-0.39, 0.29) is 0 Å². The maximum absolute atomic E-state index is 12.1. The van der Waals surface area contributed by atoms with E-state index >= 15 is 0 Å². The maximum Gasteiger partial charge on any atom is 0.345 e. The summed E-state index contributed by atoms with van der Waals surface area (Å²) in [7, 11) is 0. The van der Waals surface area contributed by atoms with Crippen LogP contribution in [0.4, 0.5) is 5.69 Å². The van der Waals surface area contributed by atoms with Gasteiger partial charge in [-0.3, -0.25) is 9.97 Å². The molecule has 0 unspecified atom stereocenters. The lowest BCUT2D eigenvalue weighted by Gasteiger charge is -2.05. The fourth-order valence-electron chi connectivity index (χ4n) is 1.98. The minimum Gasteiger partial charge on any atom is -0.422 e. The normalized spacial score (nSPS) is 10.8. The molecule has 2 aromatic heterocycles. The van der Waals surface area contributed by atoms with Gasteiger partial charge in [-0.15, -0.1) is 0 Å². The minimum absolute atomic E-state index is 0.419. The predicted molar refractivity (Wildman–Crippen MR) is 85.6 cm³/mol. The number of alkyl halides is 1. The van der Waals surface area contributed by atoms with Crippen LogP contribution >= 0.6 is 22.6 Å². The Hall–Kier alpha value is -1.96. The molecule has 0 aliphatic heterocycles. The molecule has 20 heavy (non-hydrogen) atoms. The molecule has 100 valence electrons. The van der Waals surface area contributed by atoms with Gasteiger partial charge in [0.25, 0.3) is 0 Å². The van der Waals surface area contributed by atoms with Crippen LogP contribution in [0.2, 0.25) is 0 Å². The van der Waals surface area contributed by atoms with Crippen molar-refractivity contribution in [2.24, 2.45) is 0 Å². The molecule has 0 radical (unpaired) electrons. The molecular weight excluding hydrogens is 369 g/mol. The first-order chi connectivity index (χ1) is 9.69. The third kappa shape index (κ3) is 2.26. The first-order valence-corrected chi connectivity index (χ1v) is 7.41. The third-order valence-electron chi connectivity index (χ3n) is 2.92. The number of nitrogens with zero attached hydrogens (tertiary/aromatic N) is 2. The Labute approximate surface area is 128 Å². The molecule has 0 aliphatic rings. The van der Waals surface area contributed by atoms with Crippen molar-refractivity contribution >= 4 is 39.2 Å². The molecule has 3 aromatic rings. The van der Waals surface area contributed by atoms with E-state index in [4.69, 9.17) is 10.2 Å². The predicted octanol–water partition coefficient (Wildman–Crippen LogP) is 2.77. The van der Waals surface area contributed by atoms with Gasteiger partial charge in [0.15, 0.2) is 0 Å². The molecule has 0 fully saturated rings. The van der Waals surface area contributed by atoms with Crippen LogP contribution in [0.3, 0.4) is 0 Å². The fourth-order valence-corrected chi connectivity index (χ4v) is 2.54. The zero-order chi connectivity index (χ0) is 14.1. The fraction of sp³-hybridized carbons (Fsp3) is 0.0714. The van der Waals surface area contributed by atoms with E-state index < -0.39 is 5.63 Å². The molecule has 0 saturated carbocycles. The highest BCUT2D eigenvalue weighted by molar-refractivity contribution is 14.1. The summed E-state index contributed by atoms with van der Waals surface area (Å²) in [4.78, 5) is 20.6. The summed E-state index contributed by atoms with van der Waals surface area (Å²) in [6, 6.07) is 6.98. The number of nitrogens with two attached hydrogens (primary N) is 1. The molecule has 6 heteroatoms. The van der Waals surface area contributed by atoms with Crippen molar-refractivity contribution in [3.05, 3.63) is 52.8 Å². The Bertz CT molecular complexity index is 845. The van der Waals surface area contributed by atoms with Gasteiger partial charge in [-0.05, 0) is 18.2 Å². The molecule has 0 amide bonds. The Morgan fingerprint density at radius 3 is 2.80 bits per heavy atom. The summed E-state index contributed by atoms with van der Waals surface area (Å²) >= 11 is 2.19. The average molecular weight is 379 g/mol. The molecule has 2 N–H and O–H groups in total. The number of nitrogen functional groups attached to an aromatic ring is 1. The van der Waals surface area contributed by atoms with Crippen molar-refractivity contribution < 1.29 is 4.42 Å². The summed E-state index contributed by atoms with van der Waals surface area (Å²) < 4.78 is 5.99. The summed E-state index contributed by atoms with van der Waals surface area (Å²) in [6.45, 7) is 0. The molecule has 1 aromatic carbocycles. The van der Waals surface area contributed by atoms with Crippen LogP contribution in [0.5, 0.6) is 0 Å². The lowest BCUT2D eigenvalue weighted by molar-refractivity contribution is 0.563. The Morgan fingerprint density at radius 1 is 1.20 bits per heavy atom. The van der Waals surface area contributed by atoms with E-state index in [1.165, 1.54) is 0 Å². The number of rotatable bonds is 2. The van der Waals surface area contributed by atoms with E-state index in [9.17, 15) is 4.79 Å². The van der Waals surface area contributed by atoms with Gasteiger partial charge in [0.2, 0.25) is 0 Å². The van der Waals surface area contributed by atoms with Gasteiger partial charge in [0.1, 0.15) is 5.58 Å². The molecule has 0 aliphatic carbocycles. The van der Waals surface area contributed by atoms with Gasteiger partial charge in [0.05, 0.1) is 17.0 Å². The lowest BCUT2D eigenvalue weighted by atomic mass is 10.1. The standard InChI is InChI=1S/C14H10IN3O2/c15-7-11-13(18-4-3-17-11)10-5-8-1-2-9(16)6-12(8)20-14(10)19/h1-6H,7,16H2. The van der Waals surface area contributed by atoms with E-state index in [0.29, 0.717) is 27.0 Å². The van der Waals surface area contributed by atoms with Crippen molar-refractivity contribution in [2.75, 3.05) is 5.73 Å². The van der Waals surface area contributed by atoms with Crippen LogP contribution < -0.4 is 11.4 Å². The maximum atomic E-state index is 12.1. The first-order valence-electron chi connectivity index (χ1n) is 5.88. The topological polar surface area (TPSA) is 82.0 Å². The van der Waals surface area contributed by atoms with E-state index in [0.717, 1.165) is 11.1 Å².